The molecule has 33 heavy (non-hydrogen) atoms. The van der Waals surface area contributed by atoms with Crippen molar-refractivity contribution in [2.24, 2.45) is 5.10 Å². The van der Waals surface area contributed by atoms with E-state index >= 15 is 0 Å². The third-order valence-electron chi connectivity index (χ3n) is 5.30. The van der Waals surface area contributed by atoms with E-state index in [4.69, 9.17) is 0 Å². The Labute approximate surface area is 186 Å². The zero-order valence-electron chi connectivity index (χ0n) is 17.1. The number of allylic oxidation sites excluding steroid dienone is 1. The van der Waals surface area contributed by atoms with E-state index in [1.165, 1.54) is 53.6 Å². The van der Waals surface area contributed by atoms with Crippen LogP contribution < -0.4 is 5.01 Å². The van der Waals surface area contributed by atoms with E-state index in [0.717, 1.165) is 12.1 Å². The number of alkyl halides is 6. The van der Waals surface area contributed by atoms with E-state index in [1.54, 1.807) is 30.3 Å². The van der Waals surface area contributed by atoms with Crippen molar-refractivity contribution < 1.29 is 26.3 Å². The van der Waals surface area contributed by atoms with Crippen LogP contribution in [0.3, 0.4) is 0 Å². The monoisotopic (exact) mass is 460 g/mol. The zero-order valence-corrected chi connectivity index (χ0v) is 17.1. The van der Waals surface area contributed by atoms with Crippen molar-refractivity contribution in [3.8, 4) is 0 Å². The Morgan fingerprint density at radius 3 is 1.94 bits per heavy atom. The second kappa shape index (κ2) is 8.77. The third-order valence-corrected chi connectivity index (χ3v) is 5.30. The lowest BCUT2D eigenvalue weighted by molar-refractivity contribution is -0.139. The summed E-state index contributed by atoms with van der Waals surface area (Å²) in [5.41, 5.74) is -0.594. The van der Waals surface area contributed by atoms with Crippen LogP contribution >= 0.6 is 0 Å². The lowest BCUT2D eigenvalue weighted by Crippen LogP contribution is -2.22. The molecule has 3 aromatic rings. The quantitative estimate of drug-likeness (QED) is 0.364. The summed E-state index contributed by atoms with van der Waals surface area (Å²) in [6, 6.07) is 18.3. The van der Waals surface area contributed by atoms with Gasteiger partial charge in [0.1, 0.15) is 0 Å². The Morgan fingerprint density at radius 2 is 1.27 bits per heavy atom. The van der Waals surface area contributed by atoms with Gasteiger partial charge in [0.2, 0.25) is 0 Å². The minimum Gasteiger partial charge on any atom is -0.257 e. The molecule has 0 bridgehead atoms. The minimum absolute atomic E-state index is 0.0434. The van der Waals surface area contributed by atoms with Crippen molar-refractivity contribution in [3.05, 3.63) is 107 Å². The minimum atomic E-state index is -4.55. The van der Waals surface area contributed by atoms with Gasteiger partial charge >= 0.3 is 12.4 Å². The molecule has 0 spiro atoms. The Kier molecular flexibility index (Phi) is 6.01. The standard InChI is InChI=1S/C25H18F6N2/c26-24(27,28)21-12-6-4-8-17(21)14-15-18-16-23(33(32-18)19-9-2-1-3-10-19)20-11-5-7-13-22(20)25(29,30)31/h1-15,23H,16H2/b15-14+. The van der Waals surface area contributed by atoms with E-state index < -0.39 is 29.5 Å². The van der Waals surface area contributed by atoms with Crippen LogP contribution in [0.25, 0.3) is 6.08 Å². The van der Waals surface area contributed by atoms with Gasteiger partial charge in [-0.05, 0) is 41.5 Å². The van der Waals surface area contributed by atoms with E-state index in [1.807, 2.05) is 0 Å². The molecule has 0 aliphatic carbocycles. The summed E-state index contributed by atoms with van der Waals surface area (Å²) < 4.78 is 80.9. The van der Waals surface area contributed by atoms with Crippen LogP contribution in [0.2, 0.25) is 0 Å². The average Bonchev–Trinajstić information content (AvgIpc) is 3.21. The maximum atomic E-state index is 13.7. The molecule has 1 atom stereocenters. The molecule has 0 saturated carbocycles. The van der Waals surface area contributed by atoms with Gasteiger partial charge in [0.05, 0.1) is 28.6 Å². The number of nitrogens with zero attached hydrogens (tertiary/aromatic N) is 2. The number of para-hydroxylation sites is 1. The van der Waals surface area contributed by atoms with Gasteiger partial charge in [-0.25, -0.2) is 0 Å². The number of hydrazone groups is 1. The van der Waals surface area contributed by atoms with Crippen molar-refractivity contribution >= 4 is 17.5 Å². The highest BCUT2D eigenvalue weighted by Gasteiger charge is 2.38. The van der Waals surface area contributed by atoms with Crippen molar-refractivity contribution in [2.75, 3.05) is 5.01 Å². The number of rotatable bonds is 4. The maximum Gasteiger partial charge on any atom is 0.416 e. The van der Waals surface area contributed by atoms with E-state index in [9.17, 15) is 26.3 Å². The van der Waals surface area contributed by atoms with Crippen molar-refractivity contribution in [3.63, 3.8) is 0 Å². The molecule has 1 aliphatic rings. The van der Waals surface area contributed by atoms with Gasteiger partial charge in [0, 0.05) is 6.42 Å². The summed E-state index contributed by atoms with van der Waals surface area (Å²) in [5, 5.41) is 5.95. The summed E-state index contributed by atoms with van der Waals surface area (Å²) in [7, 11) is 0. The third kappa shape index (κ3) is 4.94. The van der Waals surface area contributed by atoms with E-state index in [2.05, 4.69) is 5.10 Å². The molecule has 1 heterocycles. The lowest BCUT2D eigenvalue weighted by Gasteiger charge is -2.26. The fraction of sp³-hybridized carbons (Fsp3) is 0.160. The van der Waals surface area contributed by atoms with Gasteiger partial charge in [0.15, 0.2) is 0 Å². The Morgan fingerprint density at radius 1 is 0.697 bits per heavy atom. The van der Waals surface area contributed by atoms with Gasteiger partial charge in [-0.3, -0.25) is 5.01 Å². The molecule has 0 N–H and O–H groups in total. The molecule has 0 amide bonds. The molecule has 8 heteroatoms. The molecule has 1 unspecified atom stereocenters. The maximum absolute atomic E-state index is 13.7. The van der Waals surface area contributed by atoms with Crippen LogP contribution in [0.4, 0.5) is 32.0 Å². The van der Waals surface area contributed by atoms with Gasteiger partial charge in [-0.15, -0.1) is 0 Å². The molecule has 3 aromatic carbocycles. The molecular weight excluding hydrogens is 442 g/mol. The second-order valence-electron chi connectivity index (χ2n) is 7.49. The number of anilines is 1. The first-order valence-corrected chi connectivity index (χ1v) is 10.1. The van der Waals surface area contributed by atoms with Crippen molar-refractivity contribution in [1.82, 2.24) is 0 Å². The first-order chi connectivity index (χ1) is 15.6. The summed E-state index contributed by atoms with van der Waals surface area (Å²) >= 11 is 0. The largest absolute Gasteiger partial charge is 0.416 e. The van der Waals surface area contributed by atoms with Gasteiger partial charge < -0.3 is 0 Å². The molecule has 2 nitrogen and oxygen atoms in total. The molecule has 4 rings (SSSR count). The molecule has 170 valence electrons. The summed E-state index contributed by atoms with van der Waals surface area (Å²) in [5.74, 6) is 0. The highest BCUT2D eigenvalue weighted by molar-refractivity contribution is 6.01. The number of benzene rings is 3. The second-order valence-corrected chi connectivity index (χ2v) is 7.49. The van der Waals surface area contributed by atoms with E-state index in [-0.39, 0.29) is 17.5 Å². The van der Waals surface area contributed by atoms with Gasteiger partial charge in [0.25, 0.3) is 0 Å². The fourth-order valence-corrected chi connectivity index (χ4v) is 3.83. The zero-order chi connectivity index (χ0) is 23.6. The fourth-order valence-electron chi connectivity index (χ4n) is 3.83. The van der Waals surface area contributed by atoms with Crippen LogP contribution in [-0.2, 0) is 12.4 Å². The number of hydrogen-bond donors (Lipinski definition) is 0. The smallest absolute Gasteiger partial charge is 0.257 e. The highest BCUT2D eigenvalue weighted by Crippen LogP contribution is 2.42. The van der Waals surface area contributed by atoms with Crippen LogP contribution in [0.1, 0.15) is 34.7 Å². The molecular formula is C25H18F6N2. The average molecular weight is 460 g/mol. The van der Waals surface area contributed by atoms with Crippen LogP contribution in [0.5, 0.6) is 0 Å². The predicted molar refractivity (Wildman–Crippen MR) is 116 cm³/mol. The predicted octanol–water partition coefficient (Wildman–Crippen LogP) is 7.75. The van der Waals surface area contributed by atoms with Crippen LogP contribution in [0.15, 0.2) is 90.0 Å². The lowest BCUT2D eigenvalue weighted by atomic mass is 9.95. The first-order valence-electron chi connectivity index (χ1n) is 10.1. The Bertz CT molecular complexity index is 1180. The van der Waals surface area contributed by atoms with Crippen LogP contribution in [0, 0.1) is 0 Å². The molecule has 0 saturated heterocycles. The highest BCUT2D eigenvalue weighted by atomic mass is 19.4. The Hall–Kier alpha value is -3.55. The molecule has 0 aromatic heterocycles. The summed E-state index contributed by atoms with van der Waals surface area (Å²) in [6.45, 7) is 0. The summed E-state index contributed by atoms with van der Waals surface area (Å²) in [4.78, 5) is 0. The van der Waals surface area contributed by atoms with Crippen molar-refractivity contribution in [1.29, 1.82) is 0 Å². The first kappa shape index (κ1) is 22.6. The van der Waals surface area contributed by atoms with Crippen molar-refractivity contribution in [2.45, 2.75) is 24.8 Å². The molecule has 1 aliphatic heterocycles. The Balaban J connectivity index is 1.73. The van der Waals surface area contributed by atoms with Gasteiger partial charge in [-0.2, -0.15) is 31.4 Å². The SMILES string of the molecule is FC(F)(F)c1ccccc1/C=C/C1=NN(c2ccccc2)C(c2ccccc2C(F)(F)F)C1. The number of halogens is 6. The normalized spacial score (nSPS) is 17.0. The van der Waals surface area contributed by atoms with E-state index in [0.29, 0.717) is 11.4 Å². The summed E-state index contributed by atoms with van der Waals surface area (Å²) in [6.07, 6.45) is -6.25. The molecule has 0 fully saturated rings. The number of hydrogen-bond acceptors (Lipinski definition) is 2. The molecule has 0 radical (unpaired) electrons. The van der Waals surface area contributed by atoms with Gasteiger partial charge in [-0.1, -0.05) is 60.7 Å². The topological polar surface area (TPSA) is 15.6 Å². The van der Waals surface area contributed by atoms with Crippen LogP contribution in [-0.4, -0.2) is 5.71 Å².